The number of hydrogen-bond donors (Lipinski definition) is 0. The molecular weight excluding hydrogens is 520 g/mol. The van der Waals surface area contributed by atoms with Crippen molar-refractivity contribution in [2.24, 2.45) is 0 Å². The molecule has 7 rings (SSSR count). The summed E-state index contributed by atoms with van der Waals surface area (Å²) in [5, 5.41) is 9.39. The summed E-state index contributed by atoms with van der Waals surface area (Å²) in [5.74, 6) is 0.106. The maximum absolute atomic E-state index is 13.5. The number of allylic oxidation sites excluding steroid dienone is 2. The number of para-hydroxylation sites is 2. The third kappa shape index (κ3) is 4.45. The highest BCUT2D eigenvalue weighted by atomic mass is 16.1. The monoisotopic (exact) mass is 550 g/mol. The zero-order valence-corrected chi connectivity index (χ0v) is 23.7. The van der Waals surface area contributed by atoms with Gasteiger partial charge >= 0.3 is 0 Å². The predicted molar refractivity (Wildman–Crippen MR) is 164 cm³/mol. The van der Waals surface area contributed by atoms with Crippen molar-refractivity contribution in [1.29, 1.82) is 0 Å². The second-order valence-corrected chi connectivity index (χ2v) is 11.0. The van der Waals surface area contributed by atoms with Crippen LogP contribution in [-0.4, -0.2) is 31.1 Å². The van der Waals surface area contributed by atoms with Crippen molar-refractivity contribution in [3.05, 3.63) is 141 Å². The fourth-order valence-corrected chi connectivity index (χ4v) is 6.19. The number of carbonyl (C=O) groups excluding carboxylic acids is 2. The van der Waals surface area contributed by atoms with E-state index in [0.717, 1.165) is 80.4 Å². The van der Waals surface area contributed by atoms with Gasteiger partial charge in [0.15, 0.2) is 11.6 Å². The molecule has 0 saturated carbocycles. The molecule has 2 aromatic heterocycles. The van der Waals surface area contributed by atoms with E-state index in [-0.39, 0.29) is 11.6 Å². The molecule has 2 heterocycles. The third-order valence-corrected chi connectivity index (χ3v) is 8.23. The lowest BCUT2D eigenvalue weighted by atomic mass is 9.88. The van der Waals surface area contributed by atoms with Crippen molar-refractivity contribution < 1.29 is 9.59 Å². The average Bonchev–Trinajstić information content (AvgIpc) is 3.55. The summed E-state index contributed by atoms with van der Waals surface area (Å²) in [7, 11) is 0. The van der Waals surface area contributed by atoms with Crippen molar-refractivity contribution in [3.63, 3.8) is 0 Å². The minimum absolute atomic E-state index is 0.0529. The number of Topliss-reactive ketones (excluding diaryl/α,β-unsaturated/α-hetero) is 2. The van der Waals surface area contributed by atoms with Crippen LogP contribution in [-0.2, 0) is 12.8 Å². The van der Waals surface area contributed by atoms with Crippen LogP contribution in [0.4, 0.5) is 0 Å². The number of ketones is 2. The quantitative estimate of drug-likeness (QED) is 0.224. The van der Waals surface area contributed by atoms with Crippen LogP contribution < -0.4 is 0 Å². The molecule has 0 unspecified atom stereocenters. The summed E-state index contributed by atoms with van der Waals surface area (Å²) in [4.78, 5) is 27.0. The lowest BCUT2D eigenvalue weighted by Crippen LogP contribution is -2.16. The van der Waals surface area contributed by atoms with Gasteiger partial charge in [-0.1, -0.05) is 60.7 Å². The van der Waals surface area contributed by atoms with Crippen molar-refractivity contribution >= 4 is 23.7 Å². The Balaban J connectivity index is 1.12. The molecule has 6 nitrogen and oxygen atoms in total. The van der Waals surface area contributed by atoms with E-state index in [1.54, 1.807) is 0 Å². The van der Waals surface area contributed by atoms with Gasteiger partial charge in [0.2, 0.25) is 0 Å². The largest absolute Gasteiger partial charge is 0.289 e. The Morgan fingerprint density at radius 3 is 1.31 bits per heavy atom. The molecule has 3 aromatic carbocycles. The zero-order valence-electron chi connectivity index (χ0n) is 23.7. The number of benzene rings is 3. The Morgan fingerprint density at radius 1 is 0.548 bits per heavy atom. The van der Waals surface area contributed by atoms with E-state index in [4.69, 9.17) is 10.2 Å². The Morgan fingerprint density at radius 2 is 0.929 bits per heavy atom. The fourth-order valence-electron chi connectivity index (χ4n) is 6.19. The van der Waals surface area contributed by atoms with Gasteiger partial charge in [-0.25, -0.2) is 9.36 Å². The summed E-state index contributed by atoms with van der Waals surface area (Å²) in [6.07, 6.45) is 6.83. The van der Waals surface area contributed by atoms with Crippen molar-refractivity contribution in [2.75, 3.05) is 0 Å². The standard InChI is InChI=1S/C36H30N4O2/c1-23-33-31(39(37-23)29-9-5-3-6-10-29)19-17-27(35(33)41)21-25-13-15-26(16-14-25)22-28-18-20-32-34(36(28)42)24(2)38-40(32)30-11-7-4-8-12-30/h3-16,21-22H,17-20H2,1-2H3. The summed E-state index contributed by atoms with van der Waals surface area (Å²) in [5.41, 5.74) is 10.4. The van der Waals surface area contributed by atoms with E-state index in [2.05, 4.69) is 0 Å². The first-order chi connectivity index (χ1) is 20.5. The highest BCUT2D eigenvalue weighted by molar-refractivity contribution is 6.14. The van der Waals surface area contributed by atoms with E-state index in [1.807, 2.05) is 120 Å². The van der Waals surface area contributed by atoms with Crippen LogP contribution in [0.25, 0.3) is 23.5 Å². The molecule has 0 spiro atoms. The molecule has 6 heteroatoms. The predicted octanol–water partition coefficient (Wildman–Crippen LogP) is 7.10. The number of fused-ring (bicyclic) bond motifs is 2. The maximum Gasteiger partial charge on any atom is 0.192 e. The van der Waals surface area contributed by atoms with Crippen LogP contribution in [0.5, 0.6) is 0 Å². The number of nitrogens with zero attached hydrogens (tertiary/aromatic N) is 4. The Kier molecular flexibility index (Phi) is 6.39. The number of hydrogen-bond acceptors (Lipinski definition) is 4. The molecule has 0 aliphatic heterocycles. The second-order valence-electron chi connectivity index (χ2n) is 11.0. The first-order valence-electron chi connectivity index (χ1n) is 14.4. The summed E-state index contributed by atoms with van der Waals surface area (Å²) >= 11 is 0. The number of rotatable bonds is 4. The first kappa shape index (κ1) is 25.8. The molecule has 0 bridgehead atoms. The van der Waals surface area contributed by atoms with Crippen LogP contribution in [0.1, 0.15) is 67.5 Å². The Hall–Kier alpha value is -5.10. The highest BCUT2D eigenvalue weighted by Crippen LogP contribution is 2.32. The van der Waals surface area contributed by atoms with Gasteiger partial charge in [0.05, 0.1) is 45.3 Å². The molecule has 0 amide bonds. The Bertz CT molecular complexity index is 1770. The van der Waals surface area contributed by atoms with Gasteiger partial charge < -0.3 is 0 Å². The molecule has 0 radical (unpaired) electrons. The van der Waals surface area contributed by atoms with E-state index in [0.29, 0.717) is 12.8 Å². The van der Waals surface area contributed by atoms with Crippen molar-refractivity contribution in [1.82, 2.24) is 19.6 Å². The van der Waals surface area contributed by atoms with Crippen molar-refractivity contribution in [2.45, 2.75) is 39.5 Å². The molecule has 0 saturated heterocycles. The molecule has 2 aliphatic carbocycles. The maximum atomic E-state index is 13.5. The third-order valence-electron chi connectivity index (χ3n) is 8.23. The van der Waals surface area contributed by atoms with Gasteiger partial charge in [-0.15, -0.1) is 0 Å². The van der Waals surface area contributed by atoms with E-state index in [1.165, 1.54) is 0 Å². The average molecular weight is 551 g/mol. The molecular formula is C36H30N4O2. The summed E-state index contributed by atoms with van der Waals surface area (Å²) < 4.78 is 3.82. The molecule has 0 fully saturated rings. The minimum atomic E-state index is 0.0529. The SMILES string of the molecule is Cc1nn(-c2ccccc2)c2c1C(=O)C(=Cc1ccc(C=C3CCc4c(c(C)nn4-c4ccccc4)C3=O)cc1)CC2. The Labute approximate surface area is 244 Å². The number of carbonyl (C=O) groups is 2. The molecule has 2 aliphatic rings. The van der Waals surface area contributed by atoms with Crippen molar-refractivity contribution in [3.8, 4) is 11.4 Å². The van der Waals surface area contributed by atoms with Crippen LogP contribution in [0.2, 0.25) is 0 Å². The number of aromatic nitrogens is 4. The lowest BCUT2D eigenvalue weighted by Gasteiger charge is -2.17. The van der Waals surface area contributed by atoms with Gasteiger partial charge in [0.25, 0.3) is 0 Å². The first-order valence-corrected chi connectivity index (χ1v) is 14.4. The smallest absolute Gasteiger partial charge is 0.192 e. The molecule has 206 valence electrons. The molecule has 0 atom stereocenters. The summed E-state index contributed by atoms with van der Waals surface area (Å²) in [6.45, 7) is 3.82. The number of aryl methyl sites for hydroxylation is 2. The van der Waals surface area contributed by atoms with E-state index in [9.17, 15) is 9.59 Å². The van der Waals surface area contributed by atoms with E-state index >= 15 is 0 Å². The van der Waals surface area contributed by atoms with E-state index < -0.39 is 0 Å². The van der Waals surface area contributed by atoms with Crippen LogP contribution in [0, 0.1) is 13.8 Å². The topological polar surface area (TPSA) is 69.8 Å². The van der Waals surface area contributed by atoms with Gasteiger partial charge in [0, 0.05) is 11.1 Å². The van der Waals surface area contributed by atoms with Gasteiger partial charge in [-0.3, -0.25) is 9.59 Å². The van der Waals surface area contributed by atoms with Gasteiger partial charge in [0.1, 0.15) is 0 Å². The van der Waals surface area contributed by atoms with Gasteiger partial charge in [-0.2, -0.15) is 10.2 Å². The molecule has 0 N–H and O–H groups in total. The molecule has 5 aromatic rings. The zero-order chi connectivity index (χ0) is 28.8. The van der Waals surface area contributed by atoms with Crippen LogP contribution in [0.3, 0.4) is 0 Å². The van der Waals surface area contributed by atoms with Gasteiger partial charge in [-0.05, 0) is 87.1 Å². The van der Waals surface area contributed by atoms with Crippen LogP contribution in [0.15, 0.2) is 96.1 Å². The minimum Gasteiger partial charge on any atom is -0.289 e. The molecule has 42 heavy (non-hydrogen) atoms. The van der Waals surface area contributed by atoms with Crippen LogP contribution >= 0.6 is 0 Å². The summed E-state index contributed by atoms with van der Waals surface area (Å²) in [6, 6.07) is 28.0. The highest BCUT2D eigenvalue weighted by Gasteiger charge is 2.30. The lowest BCUT2D eigenvalue weighted by molar-refractivity contribution is 0.101. The second kappa shape index (κ2) is 10.4. The normalized spacial score (nSPS) is 16.6. The fraction of sp³-hybridized carbons (Fsp3) is 0.167.